The van der Waals surface area contributed by atoms with Crippen LogP contribution in [-0.2, 0) is 11.3 Å². The van der Waals surface area contributed by atoms with Gasteiger partial charge in [-0.1, -0.05) is 19.4 Å². The number of nitrogens with zero attached hydrogens (tertiary/aromatic N) is 2. The Morgan fingerprint density at radius 2 is 2.17 bits per heavy atom. The normalized spacial score (nSPS) is 26.0. The van der Waals surface area contributed by atoms with E-state index in [1.54, 1.807) is 12.1 Å². The van der Waals surface area contributed by atoms with Crippen molar-refractivity contribution in [2.75, 3.05) is 40.0 Å². The Labute approximate surface area is 138 Å². The fourth-order valence-electron chi connectivity index (χ4n) is 3.79. The lowest BCUT2D eigenvalue weighted by molar-refractivity contribution is -0.0840. The minimum Gasteiger partial charge on any atom is -0.494 e. The average Bonchev–Trinajstić information content (AvgIpc) is 2.55. The van der Waals surface area contributed by atoms with Gasteiger partial charge in [0.15, 0.2) is 11.6 Å². The minimum absolute atomic E-state index is 0.285. The highest BCUT2D eigenvalue weighted by Crippen LogP contribution is 2.24. The number of piperazine rings is 1. The molecular formula is C18H27FN2O2. The molecule has 0 unspecified atom stereocenters. The summed E-state index contributed by atoms with van der Waals surface area (Å²) in [5, 5.41) is 0. The molecule has 0 radical (unpaired) electrons. The van der Waals surface area contributed by atoms with E-state index in [0.717, 1.165) is 45.0 Å². The van der Waals surface area contributed by atoms with Gasteiger partial charge in [-0.05, 0) is 24.1 Å². The van der Waals surface area contributed by atoms with Gasteiger partial charge in [0.1, 0.15) is 0 Å². The Bertz CT molecular complexity index is 524. The zero-order valence-corrected chi connectivity index (χ0v) is 14.1. The maximum absolute atomic E-state index is 13.8. The Morgan fingerprint density at radius 3 is 2.91 bits per heavy atom. The van der Waals surface area contributed by atoms with Crippen molar-refractivity contribution in [3.05, 3.63) is 29.6 Å². The van der Waals surface area contributed by atoms with Crippen molar-refractivity contribution in [2.24, 2.45) is 0 Å². The summed E-state index contributed by atoms with van der Waals surface area (Å²) in [6.07, 6.45) is 2.41. The molecule has 2 fully saturated rings. The summed E-state index contributed by atoms with van der Waals surface area (Å²) >= 11 is 0. The van der Waals surface area contributed by atoms with Gasteiger partial charge in [0, 0.05) is 38.3 Å². The molecule has 0 saturated carbocycles. The second-order valence-electron chi connectivity index (χ2n) is 6.58. The fraction of sp³-hybridized carbons (Fsp3) is 0.667. The van der Waals surface area contributed by atoms with Crippen LogP contribution in [0.15, 0.2) is 18.2 Å². The summed E-state index contributed by atoms with van der Waals surface area (Å²) in [4.78, 5) is 5.03. The largest absolute Gasteiger partial charge is 0.494 e. The molecule has 2 aliphatic rings. The van der Waals surface area contributed by atoms with E-state index in [9.17, 15) is 4.39 Å². The first-order chi connectivity index (χ1) is 11.2. The van der Waals surface area contributed by atoms with Crippen molar-refractivity contribution in [2.45, 2.75) is 38.4 Å². The van der Waals surface area contributed by atoms with Crippen LogP contribution in [0.4, 0.5) is 4.39 Å². The van der Waals surface area contributed by atoms with E-state index < -0.39 is 0 Å². The third kappa shape index (κ3) is 3.84. The maximum Gasteiger partial charge on any atom is 0.165 e. The van der Waals surface area contributed by atoms with Crippen molar-refractivity contribution in [3.8, 4) is 5.75 Å². The number of morpholine rings is 1. The summed E-state index contributed by atoms with van der Waals surface area (Å²) in [5.41, 5.74) is 0.999. The number of ether oxygens (including phenoxy) is 2. The third-order valence-electron chi connectivity index (χ3n) is 4.95. The molecule has 0 aromatic heterocycles. The summed E-state index contributed by atoms with van der Waals surface area (Å²) in [6, 6.07) is 6.28. The minimum atomic E-state index is -0.285. The van der Waals surface area contributed by atoms with Gasteiger partial charge in [0.05, 0.1) is 20.3 Å². The number of benzene rings is 1. The van der Waals surface area contributed by atoms with Crippen LogP contribution in [0.1, 0.15) is 25.3 Å². The van der Waals surface area contributed by atoms with E-state index >= 15 is 0 Å². The van der Waals surface area contributed by atoms with Crippen LogP contribution in [0, 0.1) is 5.82 Å². The van der Waals surface area contributed by atoms with E-state index in [2.05, 4.69) is 16.7 Å². The molecule has 2 heterocycles. The van der Waals surface area contributed by atoms with Crippen molar-refractivity contribution in [1.82, 2.24) is 9.80 Å². The quantitative estimate of drug-likeness (QED) is 0.832. The van der Waals surface area contributed by atoms with Crippen LogP contribution < -0.4 is 4.74 Å². The van der Waals surface area contributed by atoms with E-state index in [-0.39, 0.29) is 5.82 Å². The molecule has 0 bridgehead atoms. The van der Waals surface area contributed by atoms with Gasteiger partial charge in [0.2, 0.25) is 0 Å². The van der Waals surface area contributed by atoms with Gasteiger partial charge in [0.25, 0.3) is 0 Å². The van der Waals surface area contributed by atoms with Gasteiger partial charge >= 0.3 is 0 Å². The Morgan fingerprint density at radius 1 is 1.30 bits per heavy atom. The van der Waals surface area contributed by atoms with E-state index in [0.29, 0.717) is 17.8 Å². The van der Waals surface area contributed by atoms with Crippen molar-refractivity contribution >= 4 is 0 Å². The molecule has 1 aromatic rings. The molecule has 1 aromatic carbocycles. The Hall–Kier alpha value is -1.17. The van der Waals surface area contributed by atoms with Crippen molar-refractivity contribution < 1.29 is 13.9 Å². The molecule has 0 N–H and O–H groups in total. The topological polar surface area (TPSA) is 24.9 Å². The average molecular weight is 322 g/mol. The second-order valence-corrected chi connectivity index (χ2v) is 6.58. The van der Waals surface area contributed by atoms with Crippen LogP contribution in [0.3, 0.4) is 0 Å². The lowest BCUT2D eigenvalue weighted by Gasteiger charge is -2.48. The number of rotatable bonds is 5. The molecule has 5 heteroatoms. The van der Waals surface area contributed by atoms with Gasteiger partial charge in [-0.25, -0.2) is 4.39 Å². The van der Waals surface area contributed by atoms with Gasteiger partial charge in [-0.3, -0.25) is 9.80 Å². The van der Waals surface area contributed by atoms with Crippen molar-refractivity contribution in [1.29, 1.82) is 0 Å². The second kappa shape index (κ2) is 7.60. The first-order valence-electron chi connectivity index (χ1n) is 8.59. The monoisotopic (exact) mass is 322 g/mol. The number of hydrogen-bond acceptors (Lipinski definition) is 4. The van der Waals surface area contributed by atoms with E-state index in [1.807, 2.05) is 6.07 Å². The smallest absolute Gasteiger partial charge is 0.165 e. The first-order valence-corrected chi connectivity index (χ1v) is 8.59. The zero-order valence-electron chi connectivity index (χ0n) is 14.1. The molecule has 23 heavy (non-hydrogen) atoms. The molecule has 0 aliphatic carbocycles. The molecule has 128 valence electrons. The lowest BCUT2D eigenvalue weighted by Crippen LogP contribution is -2.61. The SMILES string of the molecule is CCC[C@H]1COC[C@H]2CN(Cc3ccc(OC)c(F)c3)CCN12. The molecule has 2 aliphatic heterocycles. The third-order valence-corrected chi connectivity index (χ3v) is 4.95. The molecule has 2 atom stereocenters. The Kier molecular flexibility index (Phi) is 5.51. The van der Waals surface area contributed by atoms with Crippen LogP contribution >= 0.6 is 0 Å². The number of halogens is 1. The predicted octanol–water partition coefficient (Wildman–Crippen LogP) is 2.52. The van der Waals surface area contributed by atoms with E-state index in [4.69, 9.17) is 9.47 Å². The highest BCUT2D eigenvalue weighted by Gasteiger charge is 2.34. The van der Waals surface area contributed by atoms with Crippen LogP contribution in [0.25, 0.3) is 0 Å². The number of fused-ring (bicyclic) bond motifs is 1. The first kappa shape index (κ1) is 16.7. The molecular weight excluding hydrogens is 295 g/mol. The van der Waals surface area contributed by atoms with Crippen LogP contribution in [0.5, 0.6) is 5.75 Å². The predicted molar refractivity (Wildman–Crippen MR) is 88.2 cm³/mol. The molecule has 0 amide bonds. The number of hydrogen-bond donors (Lipinski definition) is 0. The van der Waals surface area contributed by atoms with Gasteiger partial charge < -0.3 is 9.47 Å². The van der Waals surface area contributed by atoms with Gasteiger partial charge in [-0.2, -0.15) is 0 Å². The van der Waals surface area contributed by atoms with Gasteiger partial charge in [-0.15, -0.1) is 0 Å². The molecule has 4 nitrogen and oxygen atoms in total. The summed E-state index contributed by atoms with van der Waals surface area (Å²) in [7, 11) is 1.49. The van der Waals surface area contributed by atoms with E-state index in [1.165, 1.54) is 20.0 Å². The Balaban J connectivity index is 1.60. The zero-order chi connectivity index (χ0) is 16.2. The summed E-state index contributed by atoms with van der Waals surface area (Å²) < 4.78 is 24.6. The lowest BCUT2D eigenvalue weighted by atomic mass is 10.0. The summed E-state index contributed by atoms with van der Waals surface area (Å²) in [5.74, 6) is 0.0225. The fourth-order valence-corrected chi connectivity index (χ4v) is 3.79. The van der Waals surface area contributed by atoms with Crippen molar-refractivity contribution in [3.63, 3.8) is 0 Å². The highest BCUT2D eigenvalue weighted by atomic mass is 19.1. The van der Waals surface area contributed by atoms with Crippen LogP contribution in [-0.4, -0.2) is 61.8 Å². The van der Waals surface area contributed by atoms with Crippen LogP contribution in [0.2, 0.25) is 0 Å². The maximum atomic E-state index is 13.8. The molecule has 2 saturated heterocycles. The highest BCUT2D eigenvalue weighted by molar-refractivity contribution is 5.29. The standard InChI is InChI=1S/C18H27FN2O2/c1-3-4-15-12-23-13-16-11-20(7-8-21(15)16)10-14-5-6-18(22-2)17(19)9-14/h5-6,9,15-16H,3-4,7-8,10-13H2,1-2H3/t15-,16+/m0/s1. The number of methoxy groups -OCH3 is 1. The summed E-state index contributed by atoms with van der Waals surface area (Å²) in [6.45, 7) is 7.80. The molecule has 3 rings (SSSR count). The molecule has 0 spiro atoms.